The number of carbonyl (C=O) groups is 1. The van der Waals surface area contributed by atoms with Gasteiger partial charge in [-0.05, 0) is 25.1 Å². The molecule has 1 N–H and O–H groups in total. The SMILES string of the molecule is C[C@H](NC(=O)c1cc(F)ccc1F)c1nnc2n1CCN(Cc1cnc(-c3ccccc3)s1)CC2. The lowest BCUT2D eigenvalue weighted by Crippen LogP contribution is -2.30. The molecule has 0 fully saturated rings. The van der Waals surface area contributed by atoms with E-state index < -0.39 is 23.6 Å². The van der Waals surface area contributed by atoms with Crippen molar-refractivity contribution in [3.8, 4) is 10.6 Å². The van der Waals surface area contributed by atoms with Crippen LogP contribution in [-0.4, -0.2) is 43.6 Å². The van der Waals surface area contributed by atoms with E-state index in [2.05, 4.69) is 37.5 Å². The maximum absolute atomic E-state index is 14.0. The minimum atomic E-state index is -0.773. The molecular weight excluding hydrogens is 470 g/mol. The number of nitrogens with one attached hydrogen (secondary N) is 1. The van der Waals surface area contributed by atoms with E-state index in [-0.39, 0.29) is 5.56 Å². The fourth-order valence-electron chi connectivity index (χ4n) is 4.19. The number of benzene rings is 2. The molecule has 4 aromatic rings. The van der Waals surface area contributed by atoms with Crippen molar-refractivity contribution in [2.24, 2.45) is 0 Å². The lowest BCUT2D eigenvalue weighted by atomic mass is 10.1. The van der Waals surface area contributed by atoms with Crippen LogP contribution in [0.3, 0.4) is 0 Å². The van der Waals surface area contributed by atoms with E-state index in [1.54, 1.807) is 18.3 Å². The standard InChI is InChI=1S/C25H24F2N6OS/c1-16(29-24(34)20-13-18(26)7-8-21(20)27)23-31-30-22-9-10-32(11-12-33(22)23)15-19-14-28-25(35-19)17-5-3-2-4-6-17/h2-8,13-14,16H,9-12,15H2,1H3,(H,29,34)/t16-/m0/s1. The van der Waals surface area contributed by atoms with Crippen LogP contribution in [0.5, 0.6) is 0 Å². The van der Waals surface area contributed by atoms with Gasteiger partial charge in [0.1, 0.15) is 22.5 Å². The third-order valence-electron chi connectivity index (χ3n) is 6.01. The van der Waals surface area contributed by atoms with Gasteiger partial charge in [-0.15, -0.1) is 21.5 Å². The van der Waals surface area contributed by atoms with E-state index in [0.717, 1.165) is 60.6 Å². The van der Waals surface area contributed by atoms with E-state index in [9.17, 15) is 13.6 Å². The third kappa shape index (κ3) is 5.13. The number of halogens is 2. The Hall–Kier alpha value is -3.50. The number of hydrogen-bond donors (Lipinski definition) is 1. The second-order valence-electron chi connectivity index (χ2n) is 8.47. The van der Waals surface area contributed by atoms with Crippen molar-refractivity contribution in [1.29, 1.82) is 0 Å². The summed E-state index contributed by atoms with van der Waals surface area (Å²) in [4.78, 5) is 20.7. The molecule has 5 rings (SSSR count). The van der Waals surface area contributed by atoms with Gasteiger partial charge in [0.25, 0.3) is 5.91 Å². The maximum atomic E-state index is 14.0. The third-order valence-corrected chi connectivity index (χ3v) is 7.04. The number of thiazole rings is 1. The molecule has 2 aromatic carbocycles. The van der Waals surface area contributed by atoms with Crippen LogP contribution in [-0.2, 0) is 19.5 Å². The number of carbonyl (C=O) groups excluding carboxylic acids is 1. The minimum Gasteiger partial charge on any atom is -0.342 e. The quantitative estimate of drug-likeness (QED) is 0.434. The number of fused-ring (bicyclic) bond motifs is 1. The number of aromatic nitrogens is 4. The zero-order valence-electron chi connectivity index (χ0n) is 19.1. The molecule has 3 heterocycles. The first-order valence-electron chi connectivity index (χ1n) is 11.4. The molecule has 1 atom stereocenters. The Morgan fingerprint density at radius 2 is 1.94 bits per heavy atom. The molecular formula is C25H24F2N6OS. The summed E-state index contributed by atoms with van der Waals surface area (Å²) in [6, 6.07) is 12.4. The van der Waals surface area contributed by atoms with Crippen LogP contribution < -0.4 is 5.32 Å². The van der Waals surface area contributed by atoms with Crippen LogP contribution in [0.4, 0.5) is 8.78 Å². The van der Waals surface area contributed by atoms with Gasteiger partial charge in [0.15, 0.2) is 5.82 Å². The number of rotatable bonds is 6. The number of amides is 1. The largest absolute Gasteiger partial charge is 0.342 e. The predicted octanol–water partition coefficient (Wildman–Crippen LogP) is 4.23. The Bertz CT molecular complexity index is 1340. The van der Waals surface area contributed by atoms with Crippen LogP contribution >= 0.6 is 11.3 Å². The highest BCUT2D eigenvalue weighted by molar-refractivity contribution is 7.15. The monoisotopic (exact) mass is 494 g/mol. The van der Waals surface area contributed by atoms with E-state index >= 15 is 0 Å². The van der Waals surface area contributed by atoms with Gasteiger partial charge in [-0.25, -0.2) is 13.8 Å². The number of nitrogens with zero attached hydrogens (tertiary/aromatic N) is 5. The molecule has 0 radical (unpaired) electrons. The van der Waals surface area contributed by atoms with E-state index in [0.29, 0.717) is 12.4 Å². The molecule has 0 unspecified atom stereocenters. The Labute approximate surface area is 205 Å². The van der Waals surface area contributed by atoms with Gasteiger partial charge in [0.05, 0.1) is 11.6 Å². The summed E-state index contributed by atoms with van der Waals surface area (Å²) in [6.45, 7) is 4.83. The molecule has 0 saturated heterocycles. The Balaban J connectivity index is 1.24. The van der Waals surface area contributed by atoms with Gasteiger partial charge in [0, 0.05) is 49.2 Å². The highest BCUT2D eigenvalue weighted by Gasteiger charge is 2.24. The fraction of sp³-hybridized carbons (Fsp3) is 0.280. The second-order valence-corrected chi connectivity index (χ2v) is 9.58. The lowest BCUT2D eigenvalue weighted by molar-refractivity contribution is 0.0933. The highest BCUT2D eigenvalue weighted by atomic mass is 32.1. The summed E-state index contributed by atoms with van der Waals surface area (Å²) in [5.74, 6) is -0.699. The molecule has 1 amide bonds. The summed E-state index contributed by atoms with van der Waals surface area (Å²) < 4.78 is 29.5. The Kier molecular flexibility index (Phi) is 6.65. The first-order chi connectivity index (χ1) is 17.0. The van der Waals surface area contributed by atoms with Crippen LogP contribution in [0, 0.1) is 11.6 Å². The molecule has 2 aromatic heterocycles. The average molecular weight is 495 g/mol. The van der Waals surface area contributed by atoms with E-state index in [1.165, 1.54) is 4.88 Å². The van der Waals surface area contributed by atoms with Crippen molar-refractivity contribution in [3.63, 3.8) is 0 Å². The van der Waals surface area contributed by atoms with Gasteiger partial charge in [0.2, 0.25) is 0 Å². The molecule has 0 bridgehead atoms. The molecule has 1 aliphatic heterocycles. The van der Waals surface area contributed by atoms with Crippen molar-refractivity contribution < 1.29 is 13.6 Å². The lowest BCUT2D eigenvalue weighted by Gasteiger charge is -2.19. The summed E-state index contributed by atoms with van der Waals surface area (Å²) >= 11 is 1.69. The Morgan fingerprint density at radius 1 is 1.11 bits per heavy atom. The zero-order chi connectivity index (χ0) is 24.4. The molecule has 0 aliphatic carbocycles. The van der Waals surface area contributed by atoms with E-state index in [1.807, 2.05) is 29.0 Å². The molecule has 180 valence electrons. The summed E-state index contributed by atoms with van der Waals surface area (Å²) in [7, 11) is 0. The second kappa shape index (κ2) is 10.0. The first-order valence-corrected chi connectivity index (χ1v) is 12.2. The Morgan fingerprint density at radius 3 is 2.77 bits per heavy atom. The maximum Gasteiger partial charge on any atom is 0.254 e. The molecule has 0 saturated carbocycles. The molecule has 0 spiro atoms. The molecule has 35 heavy (non-hydrogen) atoms. The van der Waals surface area contributed by atoms with Crippen molar-refractivity contribution in [2.75, 3.05) is 13.1 Å². The molecule has 10 heteroatoms. The average Bonchev–Trinajstić information content (AvgIpc) is 3.45. The first kappa shape index (κ1) is 23.3. The highest BCUT2D eigenvalue weighted by Crippen LogP contribution is 2.26. The van der Waals surface area contributed by atoms with Crippen LogP contribution in [0.25, 0.3) is 10.6 Å². The summed E-state index contributed by atoms with van der Waals surface area (Å²) in [6.07, 6.45) is 2.66. The summed E-state index contributed by atoms with van der Waals surface area (Å²) in [5.41, 5.74) is 0.780. The van der Waals surface area contributed by atoms with Crippen molar-refractivity contribution in [1.82, 2.24) is 30.0 Å². The normalized spacial score (nSPS) is 14.8. The smallest absolute Gasteiger partial charge is 0.254 e. The fourth-order valence-corrected chi connectivity index (χ4v) is 5.15. The number of hydrogen-bond acceptors (Lipinski definition) is 6. The van der Waals surface area contributed by atoms with Gasteiger partial charge >= 0.3 is 0 Å². The van der Waals surface area contributed by atoms with Gasteiger partial charge in [-0.1, -0.05) is 30.3 Å². The topological polar surface area (TPSA) is 75.9 Å². The van der Waals surface area contributed by atoms with Crippen molar-refractivity contribution in [2.45, 2.75) is 32.5 Å². The van der Waals surface area contributed by atoms with Crippen LogP contribution in [0.1, 0.15) is 39.8 Å². The van der Waals surface area contributed by atoms with Gasteiger partial charge in [-0.3, -0.25) is 9.69 Å². The van der Waals surface area contributed by atoms with Gasteiger partial charge < -0.3 is 9.88 Å². The zero-order valence-corrected chi connectivity index (χ0v) is 19.9. The van der Waals surface area contributed by atoms with Crippen molar-refractivity contribution in [3.05, 3.63) is 88.5 Å². The minimum absolute atomic E-state index is 0.335. The van der Waals surface area contributed by atoms with E-state index in [4.69, 9.17) is 0 Å². The molecule has 1 aliphatic rings. The van der Waals surface area contributed by atoms with Crippen LogP contribution in [0.15, 0.2) is 54.7 Å². The van der Waals surface area contributed by atoms with Gasteiger partial charge in [-0.2, -0.15) is 0 Å². The van der Waals surface area contributed by atoms with Crippen LogP contribution in [0.2, 0.25) is 0 Å². The summed E-state index contributed by atoms with van der Waals surface area (Å²) in [5, 5.41) is 12.3. The predicted molar refractivity (Wildman–Crippen MR) is 129 cm³/mol. The molecule has 7 nitrogen and oxygen atoms in total. The van der Waals surface area contributed by atoms with Crippen molar-refractivity contribution >= 4 is 17.2 Å².